The molecule has 3 rings (SSSR count). The molecule has 0 atom stereocenters. The Labute approximate surface area is 184 Å². The van der Waals surface area contributed by atoms with Crippen molar-refractivity contribution in [2.75, 3.05) is 7.11 Å². The van der Waals surface area contributed by atoms with E-state index in [0.29, 0.717) is 23.0 Å². The van der Waals surface area contributed by atoms with E-state index in [2.05, 4.69) is 5.32 Å². The van der Waals surface area contributed by atoms with E-state index < -0.39 is 17.2 Å². The van der Waals surface area contributed by atoms with E-state index in [1.54, 1.807) is 37.4 Å². The van der Waals surface area contributed by atoms with Gasteiger partial charge in [0.2, 0.25) is 0 Å². The van der Waals surface area contributed by atoms with Gasteiger partial charge in [0, 0.05) is 24.3 Å². The number of nitrogens with one attached hydrogen (secondary N) is 1. The van der Waals surface area contributed by atoms with Crippen molar-refractivity contribution in [1.82, 2.24) is 14.5 Å². The minimum absolute atomic E-state index is 0.107. The number of hydrogen-bond donors (Lipinski definition) is 1. The summed E-state index contributed by atoms with van der Waals surface area (Å²) >= 11 is 6.05. The molecule has 0 unspecified atom stereocenters. The van der Waals surface area contributed by atoms with Gasteiger partial charge in [-0.05, 0) is 42.3 Å². The number of ether oxygens (including phenoxy) is 1. The third kappa shape index (κ3) is 5.24. The summed E-state index contributed by atoms with van der Waals surface area (Å²) in [5, 5.41) is 3.14. The fraction of sp³-hybridized carbons (Fsp3) is 0.261. The number of rotatable bonds is 8. The number of aromatic nitrogens is 2. The van der Waals surface area contributed by atoms with Gasteiger partial charge in [-0.1, -0.05) is 43.1 Å². The van der Waals surface area contributed by atoms with Crippen LogP contribution in [-0.2, 0) is 13.1 Å². The highest BCUT2D eigenvalue weighted by atomic mass is 35.5. The Balaban J connectivity index is 1.97. The number of carbonyl (C=O) groups is 1. The largest absolute Gasteiger partial charge is 0.497 e. The second-order valence-corrected chi connectivity index (χ2v) is 7.46. The highest BCUT2D eigenvalue weighted by Crippen LogP contribution is 2.13. The molecule has 0 radical (unpaired) electrons. The average molecular weight is 442 g/mol. The Morgan fingerprint density at radius 1 is 1.13 bits per heavy atom. The summed E-state index contributed by atoms with van der Waals surface area (Å²) in [7, 11) is 1.58. The molecule has 0 fully saturated rings. The van der Waals surface area contributed by atoms with Gasteiger partial charge in [0.25, 0.3) is 11.5 Å². The smallest absolute Gasteiger partial charge is 0.335 e. The van der Waals surface area contributed by atoms with Gasteiger partial charge in [0.1, 0.15) is 11.3 Å². The minimum Gasteiger partial charge on any atom is -0.497 e. The molecular weight excluding hydrogens is 418 g/mol. The molecule has 31 heavy (non-hydrogen) atoms. The van der Waals surface area contributed by atoms with Crippen LogP contribution in [0, 0.1) is 0 Å². The zero-order chi connectivity index (χ0) is 22.4. The van der Waals surface area contributed by atoms with Gasteiger partial charge in [-0.25, -0.2) is 9.36 Å². The molecule has 3 aromatic rings. The van der Waals surface area contributed by atoms with Crippen molar-refractivity contribution in [3.63, 3.8) is 0 Å². The lowest BCUT2D eigenvalue weighted by molar-refractivity contribution is 0.0948. The average Bonchev–Trinajstić information content (AvgIpc) is 2.77. The molecule has 0 aliphatic rings. The molecule has 8 heteroatoms. The van der Waals surface area contributed by atoms with E-state index in [-0.39, 0.29) is 12.1 Å². The van der Waals surface area contributed by atoms with Crippen LogP contribution in [0.4, 0.5) is 0 Å². The van der Waals surface area contributed by atoms with Crippen LogP contribution >= 0.6 is 11.6 Å². The van der Waals surface area contributed by atoms with Crippen molar-refractivity contribution in [3.05, 3.63) is 91.7 Å². The SMILES string of the molecule is CCCCn1cc(C(=O)NCc2ccc(OC)cc2)c(=O)n(-c2cccc(Cl)c2)c1=O. The molecule has 162 valence electrons. The Bertz CT molecular complexity index is 1180. The molecule has 2 aromatic carbocycles. The molecule has 1 amide bonds. The van der Waals surface area contributed by atoms with E-state index in [9.17, 15) is 14.4 Å². The normalized spacial score (nSPS) is 10.7. The molecule has 1 N–H and O–H groups in total. The number of aryl methyl sites for hydroxylation is 1. The Hall–Kier alpha value is -3.32. The molecule has 0 saturated carbocycles. The van der Waals surface area contributed by atoms with Gasteiger partial charge in [0.15, 0.2) is 0 Å². The first-order valence-electron chi connectivity index (χ1n) is 9.98. The Morgan fingerprint density at radius 3 is 2.52 bits per heavy atom. The van der Waals surface area contributed by atoms with Crippen molar-refractivity contribution < 1.29 is 9.53 Å². The van der Waals surface area contributed by atoms with E-state index in [4.69, 9.17) is 16.3 Å². The van der Waals surface area contributed by atoms with E-state index in [1.807, 2.05) is 19.1 Å². The first kappa shape index (κ1) is 22.4. The van der Waals surface area contributed by atoms with Crippen molar-refractivity contribution in [1.29, 1.82) is 0 Å². The van der Waals surface area contributed by atoms with Crippen molar-refractivity contribution in [2.45, 2.75) is 32.9 Å². The predicted molar refractivity (Wildman–Crippen MR) is 120 cm³/mol. The Kier molecular flexibility index (Phi) is 7.31. The predicted octanol–water partition coefficient (Wildman–Crippen LogP) is 3.39. The maximum Gasteiger partial charge on any atom is 0.335 e. The molecule has 7 nitrogen and oxygen atoms in total. The number of amides is 1. The van der Waals surface area contributed by atoms with Crippen LogP contribution in [0.3, 0.4) is 0 Å². The fourth-order valence-electron chi connectivity index (χ4n) is 3.11. The van der Waals surface area contributed by atoms with Gasteiger partial charge >= 0.3 is 5.69 Å². The van der Waals surface area contributed by atoms with Gasteiger partial charge in [0.05, 0.1) is 12.8 Å². The summed E-state index contributed by atoms with van der Waals surface area (Å²) in [5.41, 5.74) is -0.134. The van der Waals surface area contributed by atoms with Crippen LogP contribution in [-0.4, -0.2) is 22.2 Å². The Morgan fingerprint density at radius 2 is 1.87 bits per heavy atom. The number of nitrogens with zero attached hydrogens (tertiary/aromatic N) is 2. The van der Waals surface area contributed by atoms with Crippen LogP contribution in [0.2, 0.25) is 5.02 Å². The summed E-state index contributed by atoms with van der Waals surface area (Å²) < 4.78 is 7.51. The molecule has 0 spiro atoms. The summed E-state index contributed by atoms with van der Waals surface area (Å²) in [5.74, 6) is 0.157. The van der Waals surface area contributed by atoms with Gasteiger partial charge < -0.3 is 10.1 Å². The maximum atomic E-state index is 13.1. The topological polar surface area (TPSA) is 82.3 Å². The number of unbranched alkanes of at least 4 members (excludes halogenated alkanes) is 1. The summed E-state index contributed by atoms with van der Waals surface area (Å²) in [6, 6.07) is 13.7. The van der Waals surface area contributed by atoms with E-state index >= 15 is 0 Å². The quantitative estimate of drug-likeness (QED) is 0.581. The maximum absolute atomic E-state index is 13.1. The number of methoxy groups -OCH3 is 1. The minimum atomic E-state index is -0.688. The summed E-state index contributed by atoms with van der Waals surface area (Å²) in [6.45, 7) is 2.63. The van der Waals surface area contributed by atoms with Crippen LogP contribution in [0.5, 0.6) is 5.75 Å². The van der Waals surface area contributed by atoms with E-state index in [1.165, 1.54) is 16.8 Å². The number of benzene rings is 2. The third-order valence-electron chi connectivity index (χ3n) is 4.83. The number of carbonyl (C=O) groups excluding carboxylic acids is 1. The van der Waals surface area contributed by atoms with Gasteiger partial charge in [-0.2, -0.15) is 0 Å². The molecule has 1 aromatic heterocycles. The van der Waals surface area contributed by atoms with Crippen molar-refractivity contribution >= 4 is 17.5 Å². The highest BCUT2D eigenvalue weighted by Gasteiger charge is 2.18. The fourth-order valence-corrected chi connectivity index (χ4v) is 3.29. The summed E-state index contributed by atoms with van der Waals surface area (Å²) in [4.78, 5) is 38.9. The number of hydrogen-bond acceptors (Lipinski definition) is 4. The molecule has 0 saturated heterocycles. The van der Waals surface area contributed by atoms with E-state index in [0.717, 1.165) is 23.0 Å². The molecule has 1 heterocycles. The standard InChI is InChI=1S/C23H24ClN3O4/c1-3-4-12-26-15-20(21(28)25-14-16-8-10-19(31-2)11-9-16)22(29)27(23(26)30)18-7-5-6-17(24)13-18/h5-11,13,15H,3-4,12,14H2,1-2H3,(H,25,28). The molecule has 0 aliphatic heterocycles. The van der Waals surface area contributed by atoms with Gasteiger partial charge in [-0.3, -0.25) is 14.2 Å². The number of halogens is 1. The highest BCUT2D eigenvalue weighted by molar-refractivity contribution is 6.30. The van der Waals surface area contributed by atoms with Gasteiger partial charge in [-0.15, -0.1) is 0 Å². The van der Waals surface area contributed by atoms with Crippen LogP contribution in [0.15, 0.2) is 64.3 Å². The zero-order valence-corrected chi connectivity index (χ0v) is 18.2. The lowest BCUT2D eigenvalue weighted by Crippen LogP contribution is -2.43. The van der Waals surface area contributed by atoms with Crippen molar-refractivity contribution in [2.24, 2.45) is 0 Å². The first-order chi connectivity index (χ1) is 14.9. The molecule has 0 aliphatic carbocycles. The first-order valence-corrected chi connectivity index (χ1v) is 10.4. The lowest BCUT2D eigenvalue weighted by Gasteiger charge is -2.13. The van der Waals surface area contributed by atoms with Crippen LogP contribution < -0.4 is 21.3 Å². The second kappa shape index (κ2) is 10.1. The van der Waals surface area contributed by atoms with Crippen LogP contribution in [0.1, 0.15) is 35.7 Å². The van der Waals surface area contributed by atoms with Crippen molar-refractivity contribution in [3.8, 4) is 11.4 Å². The monoisotopic (exact) mass is 441 g/mol. The summed E-state index contributed by atoms with van der Waals surface area (Å²) in [6.07, 6.45) is 2.94. The molecular formula is C23H24ClN3O4. The zero-order valence-electron chi connectivity index (χ0n) is 17.4. The third-order valence-corrected chi connectivity index (χ3v) is 5.07. The van der Waals surface area contributed by atoms with Crippen LogP contribution in [0.25, 0.3) is 5.69 Å². The lowest BCUT2D eigenvalue weighted by atomic mass is 10.2. The second-order valence-electron chi connectivity index (χ2n) is 7.02. The molecule has 0 bridgehead atoms.